The van der Waals surface area contributed by atoms with Crippen LogP contribution in [0.3, 0.4) is 0 Å². The summed E-state index contributed by atoms with van der Waals surface area (Å²) in [6, 6.07) is 6.47. The second-order valence-electron chi connectivity index (χ2n) is 3.04. The SMILES string of the molecule is Oc1cccc(Oc2ncc(F)cc2F)c1. The van der Waals surface area contributed by atoms with E-state index in [4.69, 9.17) is 9.84 Å². The zero-order valence-electron chi connectivity index (χ0n) is 8.02. The van der Waals surface area contributed by atoms with E-state index in [1.807, 2.05) is 0 Å². The van der Waals surface area contributed by atoms with Gasteiger partial charge in [0, 0.05) is 12.1 Å². The molecule has 5 heteroatoms. The van der Waals surface area contributed by atoms with Crippen LogP contribution in [0, 0.1) is 11.6 Å². The highest BCUT2D eigenvalue weighted by Crippen LogP contribution is 2.24. The number of pyridine rings is 1. The summed E-state index contributed by atoms with van der Waals surface area (Å²) in [4.78, 5) is 3.45. The zero-order valence-corrected chi connectivity index (χ0v) is 8.02. The van der Waals surface area contributed by atoms with Gasteiger partial charge in [0.15, 0.2) is 5.82 Å². The molecule has 1 aromatic carbocycles. The van der Waals surface area contributed by atoms with Crippen molar-refractivity contribution in [3.05, 3.63) is 48.2 Å². The molecule has 82 valence electrons. The van der Waals surface area contributed by atoms with Gasteiger partial charge in [0.05, 0.1) is 6.20 Å². The van der Waals surface area contributed by atoms with Crippen LogP contribution in [-0.4, -0.2) is 10.1 Å². The van der Waals surface area contributed by atoms with Crippen LogP contribution in [-0.2, 0) is 0 Å². The Morgan fingerprint density at radius 1 is 1.19 bits per heavy atom. The average molecular weight is 223 g/mol. The van der Waals surface area contributed by atoms with Gasteiger partial charge in [-0.15, -0.1) is 0 Å². The molecule has 0 radical (unpaired) electrons. The van der Waals surface area contributed by atoms with Gasteiger partial charge in [-0.25, -0.2) is 13.8 Å². The minimum absolute atomic E-state index is 0.0139. The number of hydrogen-bond donors (Lipinski definition) is 1. The fourth-order valence-electron chi connectivity index (χ4n) is 1.14. The number of benzene rings is 1. The van der Waals surface area contributed by atoms with E-state index in [-0.39, 0.29) is 17.4 Å². The van der Waals surface area contributed by atoms with Crippen molar-refractivity contribution < 1.29 is 18.6 Å². The topological polar surface area (TPSA) is 42.4 Å². The molecule has 0 amide bonds. The molecule has 16 heavy (non-hydrogen) atoms. The van der Waals surface area contributed by atoms with Crippen LogP contribution in [0.1, 0.15) is 0 Å². The summed E-state index contributed by atoms with van der Waals surface area (Å²) in [6.45, 7) is 0. The third-order valence-corrected chi connectivity index (χ3v) is 1.81. The summed E-state index contributed by atoms with van der Waals surface area (Å²) in [5.74, 6) is -1.81. The summed E-state index contributed by atoms with van der Waals surface area (Å²) < 4.78 is 30.7. The lowest BCUT2D eigenvalue weighted by molar-refractivity contribution is 0.411. The maximum Gasteiger partial charge on any atom is 0.256 e. The van der Waals surface area contributed by atoms with Crippen LogP contribution in [0.25, 0.3) is 0 Å². The van der Waals surface area contributed by atoms with Crippen LogP contribution in [0.15, 0.2) is 36.5 Å². The smallest absolute Gasteiger partial charge is 0.256 e. The highest BCUT2D eigenvalue weighted by molar-refractivity contribution is 5.34. The lowest BCUT2D eigenvalue weighted by Crippen LogP contribution is -1.92. The fourth-order valence-corrected chi connectivity index (χ4v) is 1.14. The molecule has 3 nitrogen and oxygen atoms in total. The molecule has 0 fully saturated rings. The van der Waals surface area contributed by atoms with Crippen LogP contribution < -0.4 is 4.74 Å². The van der Waals surface area contributed by atoms with Crippen molar-refractivity contribution in [1.82, 2.24) is 4.98 Å². The summed E-state index contributed by atoms with van der Waals surface area (Å²) >= 11 is 0. The Balaban J connectivity index is 2.27. The number of phenolic OH excluding ortho intramolecular Hbond substituents is 1. The van der Waals surface area contributed by atoms with Crippen LogP contribution in [0.2, 0.25) is 0 Å². The number of aromatic hydroxyl groups is 1. The third kappa shape index (κ3) is 2.25. The summed E-state index contributed by atoms with van der Waals surface area (Å²) in [5.41, 5.74) is 0. The molecule has 0 spiro atoms. The second kappa shape index (κ2) is 4.14. The standard InChI is InChI=1S/C11H7F2NO2/c12-7-4-10(13)11(14-6-7)16-9-3-1-2-8(15)5-9/h1-6,15H. The van der Waals surface area contributed by atoms with Gasteiger partial charge in [0.1, 0.15) is 17.3 Å². The molecule has 0 aliphatic rings. The van der Waals surface area contributed by atoms with Gasteiger partial charge >= 0.3 is 0 Å². The fraction of sp³-hybridized carbons (Fsp3) is 0. The minimum atomic E-state index is -0.900. The molecule has 0 bridgehead atoms. The zero-order chi connectivity index (χ0) is 11.5. The Morgan fingerprint density at radius 3 is 2.69 bits per heavy atom. The van der Waals surface area contributed by atoms with Gasteiger partial charge in [0.25, 0.3) is 5.88 Å². The molecule has 0 aliphatic heterocycles. The van der Waals surface area contributed by atoms with Crippen molar-refractivity contribution in [2.75, 3.05) is 0 Å². The second-order valence-corrected chi connectivity index (χ2v) is 3.04. The van der Waals surface area contributed by atoms with E-state index in [0.717, 1.165) is 6.20 Å². The predicted octanol–water partition coefficient (Wildman–Crippen LogP) is 2.86. The summed E-state index contributed by atoms with van der Waals surface area (Å²) in [7, 11) is 0. The van der Waals surface area contributed by atoms with E-state index in [0.29, 0.717) is 6.07 Å². The van der Waals surface area contributed by atoms with Gasteiger partial charge in [-0.2, -0.15) is 0 Å². The van der Waals surface area contributed by atoms with Gasteiger partial charge in [-0.1, -0.05) is 6.07 Å². The Bertz CT molecular complexity index is 517. The first-order chi connectivity index (χ1) is 7.65. The average Bonchev–Trinajstić information content (AvgIpc) is 2.22. The molecule has 1 aromatic heterocycles. The van der Waals surface area contributed by atoms with E-state index >= 15 is 0 Å². The van der Waals surface area contributed by atoms with Crippen molar-refractivity contribution in [2.45, 2.75) is 0 Å². The van der Waals surface area contributed by atoms with Gasteiger partial charge < -0.3 is 9.84 Å². The number of hydrogen-bond acceptors (Lipinski definition) is 3. The first-order valence-electron chi connectivity index (χ1n) is 4.43. The van der Waals surface area contributed by atoms with Crippen molar-refractivity contribution >= 4 is 0 Å². The molecule has 0 aliphatic carbocycles. The quantitative estimate of drug-likeness (QED) is 0.851. The Kier molecular flexibility index (Phi) is 2.68. The van der Waals surface area contributed by atoms with Gasteiger partial charge in [0.2, 0.25) is 0 Å². The molecule has 0 saturated heterocycles. The Hall–Kier alpha value is -2.17. The Morgan fingerprint density at radius 2 is 2.00 bits per heavy atom. The van der Waals surface area contributed by atoms with Crippen LogP contribution in [0.5, 0.6) is 17.4 Å². The highest BCUT2D eigenvalue weighted by Gasteiger charge is 2.07. The number of halogens is 2. The number of aromatic nitrogens is 1. The molecule has 1 heterocycles. The number of nitrogens with zero attached hydrogens (tertiary/aromatic N) is 1. The highest BCUT2D eigenvalue weighted by atomic mass is 19.1. The van der Waals surface area contributed by atoms with Crippen molar-refractivity contribution in [2.24, 2.45) is 0 Å². The van der Waals surface area contributed by atoms with Gasteiger partial charge in [-0.05, 0) is 12.1 Å². The van der Waals surface area contributed by atoms with Crippen molar-refractivity contribution in [1.29, 1.82) is 0 Å². The number of rotatable bonds is 2. The molecule has 1 N–H and O–H groups in total. The van der Waals surface area contributed by atoms with Gasteiger partial charge in [-0.3, -0.25) is 0 Å². The summed E-state index contributed by atoms with van der Waals surface area (Å²) in [6.07, 6.45) is 0.848. The molecule has 2 rings (SSSR count). The third-order valence-electron chi connectivity index (χ3n) is 1.81. The maximum absolute atomic E-state index is 13.1. The minimum Gasteiger partial charge on any atom is -0.508 e. The van der Waals surface area contributed by atoms with E-state index in [1.165, 1.54) is 24.3 Å². The lowest BCUT2D eigenvalue weighted by atomic mass is 10.3. The van der Waals surface area contributed by atoms with Crippen molar-refractivity contribution in [3.63, 3.8) is 0 Å². The normalized spacial score (nSPS) is 10.1. The first kappa shape index (κ1) is 10.4. The molecule has 0 atom stereocenters. The molecule has 2 aromatic rings. The monoisotopic (exact) mass is 223 g/mol. The maximum atomic E-state index is 13.1. The molecule has 0 unspecified atom stereocenters. The van der Waals surface area contributed by atoms with E-state index in [9.17, 15) is 8.78 Å². The largest absolute Gasteiger partial charge is 0.508 e. The van der Waals surface area contributed by atoms with Crippen molar-refractivity contribution in [3.8, 4) is 17.4 Å². The summed E-state index contributed by atoms with van der Waals surface area (Å²) in [5, 5.41) is 9.15. The van der Waals surface area contributed by atoms with E-state index < -0.39 is 11.6 Å². The first-order valence-corrected chi connectivity index (χ1v) is 4.43. The number of ether oxygens (including phenoxy) is 1. The predicted molar refractivity (Wildman–Crippen MR) is 52.3 cm³/mol. The molecular weight excluding hydrogens is 216 g/mol. The molecular formula is C11H7F2NO2. The number of phenols is 1. The van der Waals surface area contributed by atoms with E-state index in [2.05, 4.69) is 4.98 Å². The van der Waals surface area contributed by atoms with Crippen LogP contribution in [0.4, 0.5) is 8.78 Å². The van der Waals surface area contributed by atoms with E-state index in [1.54, 1.807) is 0 Å². The Labute approximate surface area is 89.9 Å². The molecule has 0 saturated carbocycles. The lowest BCUT2D eigenvalue weighted by Gasteiger charge is -2.05. The van der Waals surface area contributed by atoms with Crippen LogP contribution >= 0.6 is 0 Å².